The number of halogens is 1. The molecule has 0 aliphatic heterocycles. The number of nitrogens with zero attached hydrogens (tertiary/aromatic N) is 1. The zero-order chi connectivity index (χ0) is 21.3. The number of hydrazone groups is 1. The molecule has 1 N–H and O–H groups in total. The van der Waals surface area contributed by atoms with Gasteiger partial charge >= 0.3 is 0 Å². The second-order valence-corrected chi connectivity index (χ2v) is 7.17. The molecule has 3 aromatic rings. The van der Waals surface area contributed by atoms with Gasteiger partial charge < -0.3 is 9.47 Å². The number of rotatable bonds is 8. The first-order valence-electron chi connectivity index (χ1n) is 9.49. The number of hydrogen-bond acceptors (Lipinski definition) is 4. The van der Waals surface area contributed by atoms with E-state index in [9.17, 15) is 4.79 Å². The van der Waals surface area contributed by atoms with Crippen molar-refractivity contribution in [2.75, 3.05) is 6.61 Å². The summed E-state index contributed by atoms with van der Waals surface area (Å²) < 4.78 is 11.3. The predicted molar refractivity (Wildman–Crippen MR) is 119 cm³/mol. The van der Waals surface area contributed by atoms with Crippen molar-refractivity contribution in [2.24, 2.45) is 5.10 Å². The van der Waals surface area contributed by atoms with Crippen LogP contribution in [0.15, 0.2) is 71.8 Å². The summed E-state index contributed by atoms with van der Waals surface area (Å²) in [5.74, 6) is 1.01. The van der Waals surface area contributed by atoms with Gasteiger partial charge in [0.1, 0.15) is 18.1 Å². The minimum Gasteiger partial charge on any atom is -0.489 e. The maximum absolute atomic E-state index is 11.9. The van der Waals surface area contributed by atoms with E-state index in [-0.39, 0.29) is 12.5 Å². The second kappa shape index (κ2) is 10.5. The van der Waals surface area contributed by atoms with E-state index in [1.165, 1.54) is 0 Å². The zero-order valence-electron chi connectivity index (χ0n) is 16.9. The molecule has 3 aromatic carbocycles. The molecule has 0 heterocycles. The van der Waals surface area contributed by atoms with Crippen LogP contribution in [0.4, 0.5) is 0 Å². The Labute approximate surface area is 181 Å². The number of nitrogens with one attached hydrogen (secondary N) is 1. The molecule has 0 bridgehead atoms. The summed E-state index contributed by atoms with van der Waals surface area (Å²) in [5.41, 5.74) is 6.21. The van der Waals surface area contributed by atoms with Crippen LogP contribution in [0.3, 0.4) is 0 Å². The van der Waals surface area contributed by atoms with Crippen molar-refractivity contribution in [1.29, 1.82) is 0 Å². The number of benzene rings is 3. The van der Waals surface area contributed by atoms with Gasteiger partial charge in [0.15, 0.2) is 6.61 Å². The van der Waals surface area contributed by atoms with Crippen LogP contribution in [0.2, 0.25) is 5.02 Å². The van der Waals surface area contributed by atoms with Gasteiger partial charge in [-0.2, -0.15) is 5.10 Å². The van der Waals surface area contributed by atoms with E-state index in [1.54, 1.807) is 18.3 Å². The van der Waals surface area contributed by atoms with Crippen LogP contribution in [0.5, 0.6) is 11.5 Å². The summed E-state index contributed by atoms with van der Waals surface area (Å²) >= 11 is 6.13. The van der Waals surface area contributed by atoms with Gasteiger partial charge in [0, 0.05) is 5.02 Å². The van der Waals surface area contributed by atoms with Gasteiger partial charge in [0.05, 0.1) is 6.21 Å². The molecule has 0 aliphatic carbocycles. The molecule has 1 amide bonds. The number of carbonyl (C=O) groups excluding carboxylic acids is 1. The van der Waals surface area contributed by atoms with Crippen LogP contribution in [-0.2, 0) is 11.4 Å². The van der Waals surface area contributed by atoms with E-state index in [2.05, 4.69) is 10.5 Å². The summed E-state index contributed by atoms with van der Waals surface area (Å²) in [6, 6.07) is 21.0. The molecule has 6 heteroatoms. The van der Waals surface area contributed by atoms with Crippen molar-refractivity contribution in [3.8, 4) is 11.5 Å². The average Bonchev–Trinajstić information content (AvgIpc) is 2.76. The van der Waals surface area contributed by atoms with Gasteiger partial charge in [-0.25, -0.2) is 5.43 Å². The maximum Gasteiger partial charge on any atom is 0.277 e. The van der Waals surface area contributed by atoms with Crippen LogP contribution in [0, 0.1) is 13.8 Å². The lowest BCUT2D eigenvalue weighted by Gasteiger charge is -2.09. The van der Waals surface area contributed by atoms with E-state index < -0.39 is 0 Å². The molecule has 0 saturated heterocycles. The third-order valence-electron chi connectivity index (χ3n) is 4.31. The smallest absolute Gasteiger partial charge is 0.277 e. The van der Waals surface area contributed by atoms with Gasteiger partial charge in [-0.1, -0.05) is 41.9 Å². The summed E-state index contributed by atoms with van der Waals surface area (Å²) in [7, 11) is 0. The first-order chi connectivity index (χ1) is 14.5. The van der Waals surface area contributed by atoms with Gasteiger partial charge in [-0.3, -0.25) is 4.79 Å². The lowest BCUT2D eigenvalue weighted by atomic mass is 10.1. The van der Waals surface area contributed by atoms with Crippen molar-refractivity contribution in [3.05, 3.63) is 94.0 Å². The molecule has 5 nitrogen and oxygen atoms in total. The Kier molecular flexibility index (Phi) is 7.46. The van der Waals surface area contributed by atoms with E-state index in [1.807, 2.05) is 68.4 Å². The van der Waals surface area contributed by atoms with Crippen LogP contribution in [-0.4, -0.2) is 18.7 Å². The van der Waals surface area contributed by atoms with Gasteiger partial charge in [-0.15, -0.1) is 0 Å². The highest BCUT2D eigenvalue weighted by Crippen LogP contribution is 2.25. The fourth-order valence-electron chi connectivity index (χ4n) is 2.74. The van der Waals surface area contributed by atoms with Crippen LogP contribution >= 0.6 is 11.6 Å². The van der Waals surface area contributed by atoms with E-state index in [4.69, 9.17) is 21.1 Å². The Morgan fingerprint density at radius 1 is 0.967 bits per heavy atom. The molecular formula is C24H23ClN2O3. The minimum atomic E-state index is -0.348. The van der Waals surface area contributed by atoms with Crippen LogP contribution in [0.1, 0.15) is 22.3 Å². The lowest BCUT2D eigenvalue weighted by molar-refractivity contribution is -0.123. The van der Waals surface area contributed by atoms with E-state index in [0.717, 1.165) is 28.0 Å². The van der Waals surface area contributed by atoms with Gasteiger partial charge in [-0.05, 0) is 72.5 Å². The fourth-order valence-corrected chi connectivity index (χ4v) is 2.85. The van der Waals surface area contributed by atoms with Crippen LogP contribution in [0.25, 0.3) is 0 Å². The molecule has 0 radical (unpaired) electrons. The molecule has 0 unspecified atom stereocenters. The SMILES string of the molecule is Cc1cc(OCC(=O)N/N=C/c2ccc(OCc3ccccc3)cc2)cc(C)c1Cl. The maximum atomic E-state index is 11.9. The number of carbonyl (C=O) groups is 1. The molecule has 3 rings (SSSR count). The number of aryl methyl sites for hydroxylation is 2. The zero-order valence-corrected chi connectivity index (χ0v) is 17.6. The van der Waals surface area contributed by atoms with Crippen molar-refractivity contribution in [2.45, 2.75) is 20.5 Å². The Morgan fingerprint density at radius 2 is 1.63 bits per heavy atom. The highest BCUT2D eigenvalue weighted by Gasteiger charge is 2.06. The van der Waals surface area contributed by atoms with Crippen molar-refractivity contribution < 1.29 is 14.3 Å². The second-order valence-electron chi connectivity index (χ2n) is 6.80. The van der Waals surface area contributed by atoms with Crippen molar-refractivity contribution in [3.63, 3.8) is 0 Å². The standard InChI is InChI=1S/C24H23ClN2O3/c1-17-12-22(13-18(2)24(17)25)30-16-23(28)27-26-14-19-8-10-21(11-9-19)29-15-20-6-4-3-5-7-20/h3-14H,15-16H2,1-2H3,(H,27,28)/b26-14+. The molecular weight excluding hydrogens is 400 g/mol. The highest BCUT2D eigenvalue weighted by molar-refractivity contribution is 6.32. The number of amides is 1. The Balaban J connectivity index is 1.43. The average molecular weight is 423 g/mol. The van der Waals surface area contributed by atoms with Gasteiger partial charge in [0.2, 0.25) is 0 Å². The lowest BCUT2D eigenvalue weighted by Crippen LogP contribution is -2.24. The normalized spacial score (nSPS) is 10.8. The highest BCUT2D eigenvalue weighted by atomic mass is 35.5. The number of ether oxygens (including phenoxy) is 2. The molecule has 154 valence electrons. The van der Waals surface area contributed by atoms with Crippen molar-refractivity contribution in [1.82, 2.24) is 5.43 Å². The summed E-state index contributed by atoms with van der Waals surface area (Å²) in [5, 5.41) is 4.66. The Hall–Kier alpha value is -3.31. The van der Waals surface area contributed by atoms with E-state index in [0.29, 0.717) is 17.4 Å². The Bertz CT molecular complexity index is 995. The third kappa shape index (κ3) is 6.36. The monoisotopic (exact) mass is 422 g/mol. The molecule has 0 atom stereocenters. The van der Waals surface area contributed by atoms with Crippen LogP contribution < -0.4 is 14.9 Å². The minimum absolute atomic E-state index is 0.135. The predicted octanol–water partition coefficient (Wildman–Crippen LogP) is 5.06. The van der Waals surface area contributed by atoms with E-state index >= 15 is 0 Å². The largest absolute Gasteiger partial charge is 0.489 e. The number of hydrogen-bond donors (Lipinski definition) is 1. The fraction of sp³-hybridized carbons (Fsp3) is 0.167. The summed E-state index contributed by atoms with van der Waals surface area (Å²) in [6.07, 6.45) is 1.56. The molecule has 0 aliphatic rings. The molecule has 30 heavy (non-hydrogen) atoms. The first-order valence-corrected chi connectivity index (χ1v) is 9.87. The van der Waals surface area contributed by atoms with Crippen molar-refractivity contribution >= 4 is 23.7 Å². The first kappa shape index (κ1) is 21.4. The molecule has 0 saturated carbocycles. The molecule has 0 aromatic heterocycles. The molecule has 0 spiro atoms. The van der Waals surface area contributed by atoms with Gasteiger partial charge in [0.25, 0.3) is 5.91 Å². The summed E-state index contributed by atoms with van der Waals surface area (Å²) in [6.45, 7) is 4.16. The summed E-state index contributed by atoms with van der Waals surface area (Å²) in [4.78, 5) is 11.9. The third-order valence-corrected chi connectivity index (χ3v) is 4.91. The molecule has 0 fully saturated rings. The Morgan fingerprint density at radius 3 is 2.30 bits per heavy atom. The quantitative estimate of drug-likeness (QED) is 0.407. The topological polar surface area (TPSA) is 59.9 Å².